The van der Waals surface area contributed by atoms with Crippen LogP contribution in [0.15, 0.2) is 12.7 Å². The van der Waals surface area contributed by atoms with Gasteiger partial charge in [0, 0.05) is 6.42 Å². The third-order valence-electron chi connectivity index (χ3n) is 7.17. The van der Waals surface area contributed by atoms with Crippen molar-refractivity contribution in [2.75, 3.05) is 0 Å². The number of aromatic amines is 1. The average molecular weight is 520 g/mol. The van der Waals surface area contributed by atoms with E-state index in [9.17, 15) is 24.8 Å². The van der Waals surface area contributed by atoms with E-state index in [-0.39, 0.29) is 19.3 Å². The molecule has 1 aliphatic rings. The van der Waals surface area contributed by atoms with Crippen molar-refractivity contribution in [2.24, 2.45) is 7.05 Å². The zero-order valence-electron chi connectivity index (χ0n) is 20.2. The highest BCUT2D eigenvalue weighted by molar-refractivity contribution is 7.71. The van der Waals surface area contributed by atoms with E-state index in [1.807, 2.05) is 13.8 Å². The fraction of sp³-hybridized carbons (Fsp3) is 0.762. The summed E-state index contributed by atoms with van der Waals surface area (Å²) in [5.74, 6) is 0. The molecule has 34 heavy (non-hydrogen) atoms. The fourth-order valence-electron chi connectivity index (χ4n) is 4.59. The molecule has 0 spiro atoms. The average Bonchev–Trinajstić information content (AvgIpc) is 3.29. The minimum atomic E-state index is -4.45. The maximum Gasteiger partial charge on any atom is 0.359 e. The molecule has 1 fully saturated rings. The number of nitrogens with zero attached hydrogens (tertiary/aromatic N) is 3. The lowest BCUT2D eigenvalue weighted by atomic mass is 9.88. The molecule has 13 heteroatoms. The van der Waals surface area contributed by atoms with Crippen molar-refractivity contribution < 1.29 is 38.6 Å². The number of hydrogen-bond donors (Lipinski definition) is 5. The van der Waals surface area contributed by atoms with Crippen LogP contribution in [0.3, 0.4) is 0 Å². The SMILES string of the molecule is CCC(CC)(CC1OC([n+]2cn(C)c3c(=S)nc[nH]c32)C(O)C1O)OP(=O)(O)C(O)(CC)CC. The molecule has 1 saturated heterocycles. The Bertz CT molecular complexity index is 1110. The standard InChI is InChI=1S/C21H35N4O7PS/c1-6-20(7-2,32-33(29,30)21(28,8-3)9-4)10-13-15(26)16(27)19(31-13)25-12-24(5)14-17(25)22-11-23-18(14)34/h11-13,15-16,19,26-28H,6-10H2,1-5H3,(H-,22,23,29,30,34)/p+1. The Balaban J connectivity index is 1.91. The van der Waals surface area contributed by atoms with Crippen molar-refractivity contribution in [3.05, 3.63) is 17.3 Å². The number of nitrogens with one attached hydrogen (secondary N) is 1. The molecule has 0 radical (unpaired) electrons. The van der Waals surface area contributed by atoms with Gasteiger partial charge in [-0.25, -0.2) is 9.55 Å². The first kappa shape index (κ1) is 27.3. The number of aliphatic hydroxyl groups is 3. The first-order valence-corrected chi connectivity index (χ1v) is 13.6. The Hall–Kier alpha value is -1.24. The Morgan fingerprint density at radius 2 is 1.85 bits per heavy atom. The van der Waals surface area contributed by atoms with Crippen LogP contribution in [0.2, 0.25) is 0 Å². The Kier molecular flexibility index (Phi) is 8.06. The van der Waals surface area contributed by atoms with E-state index in [1.165, 1.54) is 6.33 Å². The van der Waals surface area contributed by atoms with Crippen LogP contribution in [0, 0.1) is 4.64 Å². The lowest BCUT2D eigenvalue weighted by molar-refractivity contribution is -0.746. The van der Waals surface area contributed by atoms with Crippen molar-refractivity contribution >= 4 is 31.0 Å². The molecule has 0 aromatic carbocycles. The first-order valence-electron chi connectivity index (χ1n) is 11.6. The Morgan fingerprint density at radius 3 is 2.41 bits per heavy atom. The summed E-state index contributed by atoms with van der Waals surface area (Å²) >= 11 is 5.30. The van der Waals surface area contributed by atoms with E-state index < -0.39 is 43.1 Å². The maximum atomic E-state index is 13.1. The number of aryl methyl sites for hydroxylation is 1. The van der Waals surface area contributed by atoms with Crippen LogP contribution < -0.4 is 4.57 Å². The third kappa shape index (κ3) is 4.62. The summed E-state index contributed by atoms with van der Waals surface area (Å²) in [6.45, 7) is 6.87. The molecule has 0 saturated carbocycles. The van der Waals surface area contributed by atoms with Gasteiger partial charge < -0.3 is 24.9 Å². The molecule has 5 unspecified atom stereocenters. The number of aliphatic hydroxyl groups excluding tert-OH is 2. The number of hydrogen-bond acceptors (Lipinski definition) is 8. The van der Waals surface area contributed by atoms with Crippen LogP contribution in [-0.2, 0) is 20.9 Å². The van der Waals surface area contributed by atoms with Gasteiger partial charge in [-0.3, -0.25) is 18.6 Å². The van der Waals surface area contributed by atoms with Crippen LogP contribution in [0.25, 0.3) is 11.2 Å². The molecule has 3 heterocycles. The van der Waals surface area contributed by atoms with Crippen LogP contribution in [0.1, 0.15) is 66.0 Å². The van der Waals surface area contributed by atoms with E-state index in [1.54, 1.807) is 36.4 Å². The molecule has 2 aromatic rings. The number of imidazole rings is 1. The monoisotopic (exact) mass is 519 g/mol. The number of rotatable bonds is 10. The number of ether oxygens (including phenoxy) is 1. The van der Waals surface area contributed by atoms with Crippen molar-refractivity contribution in [3.63, 3.8) is 0 Å². The fourth-order valence-corrected chi connectivity index (χ4v) is 6.71. The van der Waals surface area contributed by atoms with Gasteiger partial charge in [0.2, 0.25) is 11.7 Å². The highest BCUT2D eigenvalue weighted by Crippen LogP contribution is 2.61. The second-order valence-corrected chi connectivity index (χ2v) is 11.4. The summed E-state index contributed by atoms with van der Waals surface area (Å²) in [4.78, 5) is 17.8. The van der Waals surface area contributed by atoms with Gasteiger partial charge in [-0.05, 0) is 25.7 Å². The van der Waals surface area contributed by atoms with Gasteiger partial charge in [0.25, 0.3) is 5.65 Å². The normalized spacial score (nSPS) is 25.7. The third-order valence-corrected chi connectivity index (χ3v) is 9.79. The van der Waals surface area contributed by atoms with E-state index >= 15 is 0 Å². The van der Waals surface area contributed by atoms with Gasteiger partial charge >= 0.3 is 7.60 Å². The maximum absolute atomic E-state index is 13.1. The lowest BCUT2D eigenvalue weighted by Gasteiger charge is -2.40. The number of H-pyrrole nitrogens is 1. The van der Waals surface area contributed by atoms with Gasteiger partial charge in [0.05, 0.1) is 18.8 Å². The van der Waals surface area contributed by atoms with E-state index in [0.29, 0.717) is 28.6 Å². The van der Waals surface area contributed by atoms with Crippen LogP contribution in [0.4, 0.5) is 0 Å². The zero-order valence-corrected chi connectivity index (χ0v) is 21.9. The molecule has 192 valence electrons. The summed E-state index contributed by atoms with van der Waals surface area (Å²) in [5.41, 5.74) is 0.0604. The minimum Gasteiger partial charge on any atom is -0.387 e. The largest absolute Gasteiger partial charge is 0.387 e. The van der Waals surface area contributed by atoms with Gasteiger partial charge in [0.1, 0.15) is 12.2 Å². The van der Waals surface area contributed by atoms with Gasteiger partial charge in [0.15, 0.2) is 22.6 Å². The minimum absolute atomic E-state index is 0.0473. The molecule has 11 nitrogen and oxygen atoms in total. The van der Waals surface area contributed by atoms with Crippen molar-refractivity contribution in [1.29, 1.82) is 0 Å². The summed E-state index contributed by atoms with van der Waals surface area (Å²) in [6, 6.07) is 0. The molecular formula is C21H36N4O7PS+. The summed E-state index contributed by atoms with van der Waals surface area (Å²) in [5, 5.41) is 30.5. The van der Waals surface area contributed by atoms with Crippen LogP contribution in [-0.4, -0.2) is 64.0 Å². The topological polar surface area (TPSA) is 154 Å². The molecule has 0 aliphatic carbocycles. The molecule has 1 aliphatic heterocycles. The lowest BCUT2D eigenvalue weighted by Crippen LogP contribution is -2.46. The predicted molar refractivity (Wildman–Crippen MR) is 126 cm³/mol. The van der Waals surface area contributed by atoms with Gasteiger partial charge in [-0.15, -0.1) is 0 Å². The molecule has 5 N–H and O–H groups in total. The van der Waals surface area contributed by atoms with Crippen LogP contribution in [0.5, 0.6) is 0 Å². The molecule has 2 aromatic heterocycles. The quantitative estimate of drug-likeness (QED) is 0.181. The van der Waals surface area contributed by atoms with E-state index in [0.717, 1.165) is 0 Å². The van der Waals surface area contributed by atoms with Gasteiger partial charge in [-0.2, -0.15) is 0 Å². The van der Waals surface area contributed by atoms with Crippen molar-refractivity contribution in [3.8, 4) is 0 Å². The molecular weight excluding hydrogens is 483 g/mol. The number of aromatic nitrogens is 4. The van der Waals surface area contributed by atoms with Crippen molar-refractivity contribution in [2.45, 2.75) is 95.3 Å². The molecule has 0 bridgehead atoms. The highest BCUT2D eigenvalue weighted by atomic mass is 32.1. The van der Waals surface area contributed by atoms with Crippen molar-refractivity contribution in [1.82, 2.24) is 14.5 Å². The van der Waals surface area contributed by atoms with E-state index in [2.05, 4.69) is 9.97 Å². The predicted octanol–water partition coefficient (Wildman–Crippen LogP) is 2.20. The Morgan fingerprint density at radius 1 is 1.24 bits per heavy atom. The molecule has 3 rings (SSSR count). The second-order valence-electron chi connectivity index (χ2n) is 8.98. The summed E-state index contributed by atoms with van der Waals surface area (Å²) in [7, 11) is -2.66. The molecule has 0 amide bonds. The van der Waals surface area contributed by atoms with Crippen LogP contribution >= 0.6 is 19.8 Å². The summed E-state index contributed by atoms with van der Waals surface area (Å²) < 4.78 is 28.8. The molecule has 5 atom stereocenters. The smallest absolute Gasteiger partial charge is 0.359 e. The van der Waals surface area contributed by atoms with E-state index in [4.69, 9.17) is 21.5 Å². The Labute approximate surface area is 203 Å². The first-order chi connectivity index (χ1) is 15.9. The highest BCUT2D eigenvalue weighted by Gasteiger charge is 2.53. The zero-order chi connectivity index (χ0) is 25.5. The number of fused-ring (bicyclic) bond motifs is 1. The summed E-state index contributed by atoms with van der Waals surface area (Å²) in [6.07, 6.45) is -0.395. The second kappa shape index (κ2) is 10.0. The van der Waals surface area contributed by atoms with Gasteiger partial charge in [-0.1, -0.05) is 39.9 Å².